The molecule has 0 saturated heterocycles. The summed E-state index contributed by atoms with van der Waals surface area (Å²) >= 11 is 15.3. The third-order valence-electron chi connectivity index (χ3n) is 2.66. The van der Waals surface area contributed by atoms with Crippen LogP contribution in [0.2, 0.25) is 10.0 Å². The van der Waals surface area contributed by atoms with Gasteiger partial charge in [-0.25, -0.2) is 4.98 Å². The van der Waals surface area contributed by atoms with Crippen LogP contribution in [-0.4, -0.2) is 10.9 Å². The fraction of sp³-hybridized carbons (Fsp3) is 0.143. The minimum atomic E-state index is -0.136. The summed E-state index contributed by atoms with van der Waals surface area (Å²) in [6.45, 7) is 0. The summed E-state index contributed by atoms with van der Waals surface area (Å²) in [5.74, 6) is -0.136. The van der Waals surface area contributed by atoms with Crippen molar-refractivity contribution in [1.29, 1.82) is 0 Å². The largest absolute Gasteiger partial charge is 0.324 e. The van der Waals surface area contributed by atoms with Crippen LogP contribution < -0.4 is 5.32 Å². The molecule has 0 aliphatic carbocycles. The molecule has 0 aliphatic rings. The highest BCUT2D eigenvalue weighted by molar-refractivity contribution is 9.10. The minimum absolute atomic E-state index is 0.136. The van der Waals surface area contributed by atoms with Crippen LogP contribution in [0.5, 0.6) is 0 Å². The third kappa shape index (κ3) is 4.20. The van der Waals surface area contributed by atoms with E-state index >= 15 is 0 Å². The molecule has 0 fully saturated rings. The van der Waals surface area contributed by atoms with Crippen molar-refractivity contribution in [1.82, 2.24) is 4.98 Å². The summed E-state index contributed by atoms with van der Waals surface area (Å²) in [6.07, 6.45) is 2.68. The van der Waals surface area contributed by atoms with E-state index in [9.17, 15) is 4.79 Å². The maximum atomic E-state index is 11.9. The molecule has 0 unspecified atom stereocenters. The molecule has 3 nitrogen and oxygen atoms in total. The number of carbonyl (C=O) groups excluding carboxylic acids is 1. The number of amides is 1. The van der Waals surface area contributed by atoms with Crippen molar-refractivity contribution >= 4 is 50.7 Å². The van der Waals surface area contributed by atoms with Crippen molar-refractivity contribution in [2.45, 2.75) is 12.8 Å². The molecular formula is C14H11BrCl2N2O. The number of benzene rings is 1. The second-order valence-electron chi connectivity index (χ2n) is 4.13. The summed E-state index contributed by atoms with van der Waals surface area (Å²) in [7, 11) is 0. The van der Waals surface area contributed by atoms with Crippen LogP contribution in [0.4, 0.5) is 5.69 Å². The number of aromatic nitrogens is 1. The van der Waals surface area contributed by atoms with Gasteiger partial charge in [0.05, 0.1) is 15.7 Å². The third-order valence-corrected chi connectivity index (χ3v) is 3.76. The van der Waals surface area contributed by atoms with Gasteiger partial charge in [-0.15, -0.1) is 0 Å². The van der Waals surface area contributed by atoms with E-state index in [-0.39, 0.29) is 5.91 Å². The number of rotatable bonds is 4. The maximum Gasteiger partial charge on any atom is 0.224 e. The summed E-state index contributed by atoms with van der Waals surface area (Å²) in [6, 6.07) is 8.86. The van der Waals surface area contributed by atoms with E-state index in [2.05, 4.69) is 26.2 Å². The number of nitrogens with one attached hydrogen (secondary N) is 1. The van der Waals surface area contributed by atoms with E-state index in [1.807, 2.05) is 12.1 Å². The zero-order valence-corrected chi connectivity index (χ0v) is 13.5. The van der Waals surface area contributed by atoms with Gasteiger partial charge >= 0.3 is 0 Å². The van der Waals surface area contributed by atoms with Crippen LogP contribution in [0, 0.1) is 0 Å². The van der Waals surface area contributed by atoms with E-state index in [0.717, 1.165) is 10.2 Å². The topological polar surface area (TPSA) is 42.0 Å². The number of aryl methyl sites for hydroxylation is 1. The van der Waals surface area contributed by atoms with Crippen molar-refractivity contribution in [2.75, 3.05) is 5.32 Å². The lowest BCUT2D eigenvalue weighted by molar-refractivity contribution is -0.116. The predicted molar refractivity (Wildman–Crippen MR) is 85.3 cm³/mol. The smallest absolute Gasteiger partial charge is 0.224 e. The first-order chi connectivity index (χ1) is 9.56. The van der Waals surface area contributed by atoms with Gasteiger partial charge in [-0.2, -0.15) is 0 Å². The number of hydrogen-bond donors (Lipinski definition) is 1. The molecule has 0 aliphatic heterocycles. The average molecular weight is 374 g/mol. The van der Waals surface area contributed by atoms with Gasteiger partial charge in [0, 0.05) is 12.6 Å². The summed E-state index contributed by atoms with van der Waals surface area (Å²) in [4.78, 5) is 16.0. The molecule has 1 aromatic carbocycles. The minimum Gasteiger partial charge on any atom is -0.324 e. The highest BCUT2D eigenvalue weighted by Crippen LogP contribution is 2.29. The normalized spacial score (nSPS) is 10.3. The van der Waals surface area contributed by atoms with E-state index < -0.39 is 0 Å². The van der Waals surface area contributed by atoms with Gasteiger partial charge in [-0.1, -0.05) is 35.3 Å². The van der Waals surface area contributed by atoms with Crippen molar-refractivity contribution in [3.8, 4) is 0 Å². The second kappa shape index (κ2) is 7.07. The van der Waals surface area contributed by atoms with Crippen molar-refractivity contribution in [3.05, 3.63) is 56.7 Å². The monoisotopic (exact) mass is 372 g/mol. The zero-order valence-electron chi connectivity index (χ0n) is 10.4. The van der Waals surface area contributed by atoms with Gasteiger partial charge in [0.15, 0.2) is 0 Å². The Balaban J connectivity index is 1.94. The lowest BCUT2D eigenvalue weighted by Gasteiger charge is -2.09. The molecule has 0 radical (unpaired) electrons. The van der Waals surface area contributed by atoms with Crippen LogP contribution in [-0.2, 0) is 11.2 Å². The molecule has 0 spiro atoms. The summed E-state index contributed by atoms with van der Waals surface area (Å²) in [5.41, 5.74) is 1.45. The number of halogens is 3. The molecule has 2 rings (SSSR count). The summed E-state index contributed by atoms with van der Waals surface area (Å²) in [5, 5.41) is 3.58. The Morgan fingerprint density at radius 3 is 2.50 bits per heavy atom. The van der Waals surface area contributed by atoms with Gasteiger partial charge < -0.3 is 5.32 Å². The molecule has 2 aromatic rings. The Kier molecular flexibility index (Phi) is 5.40. The fourth-order valence-corrected chi connectivity index (χ4v) is 2.36. The van der Waals surface area contributed by atoms with Gasteiger partial charge in [0.2, 0.25) is 5.91 Å². The number of nitrogens with zero attached hydrogens (tertiary/aromatic N) is 1. The molecular weight excluding hydrogens is 363 g/mol. The molecule has 104 valence electrons. The fourth-order valence-electron chi connectivity index (χ4n) is 1.63. The molecule has 1 N–H and O–H groups in total. The first-order valence-corrected chi connectivity index (χ1v) is 7.45. The second-order valence-corrected chi connectivity index (χ2v) is 5.76. The molecule has 6 heteroatoms. The Bertz CT molecular complexity index is 597. The Morgan fingerprint density at radius 1 is 1.20 bits per heavy atom. The van der Waals surface area contributed by atoms with Gasteiger partial charge in [-0.3, -0.25) is 4.79 Å². The molecule has 0 atom stereocenters. The van der Waals surface area contributed by atoms with Crippen LogP contribution in [0.3, 0.4) is 0 Å². The number of carbonyl (C=O) groups is 1. The molecule has 0 bridgehead atoms. The predicted octanol–water partition coefficient (Wildman–Crippen LogP) is 4.72. The molecule has 1 aromatic heterocycles. The van der Waals surface area contributed by atoms with Crippen molar-refractivity contribution in [3.63, 3.8) is 0 Å². The van der Waals surface area contributed by atoms with Crippen molar-refractivity contribution < 1.29 is 4.79 Å². The maximum absolute atomic E-state index is 11.9. The molecule has 20 heavy (non-hydrogen) atoms. The first kappa shape index (κ1) is 15.3. The van der Waals surface area contributed by atoms with Crippen LogP contribution in [0.1, 0.15) is 12.0 Å². The van der Waals surface area contributed by atoms with Gasteiger partial charge in [0.25, 0.3) is 0 Å². The van der Waals surface area contributed by atoms with E-state index in [1.165, 1.54) is 0 Å². The molecule has 1 amide bonds. The summed E-state index contributed by atoms with van der Waals surface area (Å²) < 4.78 is 0.772. The van der Waals surface area contributed by atoms with Crippen LogP contribution in [0.15, 0.2) is 41.1 Å². The van der Waals surface area contributed by atoms with E-state index in [4.69, 9.17) is 23.2 Å². The molecule has 1 heterocycles. The highest BCUT2D eigenvalue weighted by Gasteiger charge is 2.09. The standard InChI is InChI=1S/C14H11BrCl2N2O/c15-12-6-4-9(8-18-12)5-7-13(20)19-14-10(16)2-1-3-11(14)17/h1-4,6,8H,5,7H2,(H,19,20). The first-order valence-electron chi connectivity index (χ1n) is 5.90. The SMILES string of the molecule is O=C(CCc1ccc(Br)nc1)Nc1c(Cl)cccc1Cl. The quantitative estimate of drug-likeness (QED) is 0.787. The number of pyridine rings is 1. The lowest BCUT2D eigenvalue weighted by Crippen LogP contribution is -2.13. The molecule has 0 saturated carbocycles. The average Bonchev–Trinajstić information content (AvgIpc) is 2.42. The van der Waals surface area contributed by atoms with Crippen molar-refractivity contribution in [2.24, 2.45) is 0 Å². The Labute approximate surface area is 135 Å². The van der Waals surface area contributed by atoms with E-state index in [1.54, 1.807) is 24.4 Å². The number of hydrogen-bond acceptors (Lipinski definition) is 2. The lowest BCUT2D eigenvalue weighted by atomic mass is 10.1. The Morgan fingerprint density at radius 2 is 1.90 bits per heavy atom. The van der Waals surface area contributed by atoms with Gasteiger partial charge in [-0.05, 0) is 46.1 Å². The van der Waals surface area contributed by atoms with Gasteiger partial charge in [0.1, 0.15) is 4.60 Å². The Hall–Kier alpha value is -1.10. The zero-order chi connectivity index (χ0) is 14.5. The van der Waals surface area contributed by atoms with Crippen LogP contribution >= 0.6 is 39.1 Å². The number of para-hydroxylation sites is 1. The number of anilines is 1. The van der Waals surface area contributed by atoms with Crippen LogP contribution in [0.25, 0.3) is 0 Å². The highest BCUT2D eigenvalue weighted by atomic mass is 79.9. The van der Waals surface area contributed by atoms with E-state index in [0.29, 0.717) is 28.6 Å².